The maximum Gasteiger partial charge on any atom is 0.362 e. The number of carbonyl (C=O) groups is 2. The average molecular weight is 360 g/mol. The van der Waals surface area contributed by atoms with E-state index in [9.17, 15) is 9.59 Å². The summed E-state index contributed by atoms with van der Waals surface area (Å²) >= 11 is 0. The first-order chi connectivity index (χ1) is 13.1. The Morgan fingerprint density at radius 1 is 0.815 bits per heavy atom. The molecule has 0 saturated carbocycles. The highest BCUT2D eigenvalue weighted by Crippen LogP contribution is 2.18. The second-order valence-electron chi connectivity index (χ2n) is 5.53. The molecule has 0 fully saturated rings. The first kappa shape index (κ1) is 17.8. The lowest BCUT2D eigenvalue weighted by atomic mass is 10.2. The number of hydrogen-bond acceptors (Lipinski definition) is 6. The number of carbonyl (C=O) groups excluding carboxylic acids is 2. The van der Waals surface area contributed by atoms with Crippen molar-refractivity contribution in [3.05, 3.63) is 90.0 Å². The van der Waals surface area contributed by atoms with E-state index >= 15 is 0 Å². The number of anilines is 2. The zero-order valence-corrected chi connectivity index (χ0v) is 14.2. The third-order valence-corrected chi connectivity index (χ3v) is 3.55. The van der Waals surface area contributed by atoms with Crippen molar-refractivity contribution in [2.75, 3.05) is 11.2 Å². The van der Waals surface area contributed by atoms with Crippen molar-refractivity contribution < 1.29 is 14.4 Å². The summed E-state index contributed by atoms with van der Waals surface area (Å²) in [6, 6.07) is 21.6. The number of nitrogens with zero attached hydrogens (tertiary/aromatic N) is 2. The van der Waals surface area contributed by atoms with Crippen LogP contribution in [0.1, 0.15) is 20.7 Å². The van der Waals surface area contributed by atoms with Gasteiger partial charge in [-0.2, -0.15) is 0 Å². The van der Waals surface area contributed by atoms with Crippen LogP contribution < -0.4 is 11.2 Å². The van der Waals surface area contributed by atoms with Gasteiger partial charge in [0, 0.05) is 11.3 Å². The van der Waals surface area contributed by atoms with Gasteiger partial charge in [0.2, 0.25) is 0 Å². The zero-order chi connectivity index (χ0) is 19.1. The molecule has 3 aromatic carbocycles. The maximum absolute atomic E-state index is 11.9. The highest BCUT2D eigenvalue weighted by molar-refractivity contribution is 5.95. The molecule has 0 aliphatic heterocycles. The number of rotatable bonds is 5. The van der Waals surface area contributed by atoms with Gasteiger partial charge in [-0.05, 0) is 60.7 Å². The maximum atomic E-state index is 11.9. The third kappa shape index (κ3) is 4.99. The normalized spacial score (nSPS) is 10.5. The molecule has 0 unspecified atom stereocenters. The van der Waals surface area contributed by atoms with Gasteiger partial charge in [0.25, 0.3) is 5.91 Å². The van der Waals surface area contributed by atoms with Gasteiger partial charge in [0.1, 0.15) is 0 Å². The fraction of sp³-hybridized carbons (Fsp3) is 0. The van der Waals surface area contributed by atoms with Crippen LogP contribution in [0.15, 0.2) is 89.1 Å². The molecule has 7 heteroatoms. The summed E-state index contributed by atoms with van der Waals surface area (Å²) in [7, 11) is 0. The summed E-state index contributed by atoms with van der Waals surface area (Å²) in [5, 5.41) is 7.57. The highest BCUT2D eigenvalue weighted by Gasteiger charge is 2.06. The van der Waals surface area contributed by atoms with E-state index in [0.717, 1.165) is 0 Å². The highest BCUT2D eigenvalue weighted by atomic mass is 16.7. The molecule has 3 aromatic rings. The van der Waals surface area contributed by atoms with Crippen molar-refractivity contribution in [1.82, 2.24) is 0 Å². The number of amides is 1. The second kappa shape index (κ2) is 8.39. The van der Waals surface area contributed by atoms with E-state index in [1.165, 1.54) is 0 Å². The van der Waals surface area contributed by atoms with E-state index in [0.29, 0.717) is 28.2 Å². The molecule has 0 aliphatic carbocycles. The van der Waals surface area contributed by atoms with Gasteiger partial charge in [-0.25, -0.2) is 10.3 Å². The lowest BCUT2D eigenvalue weighted by molar-refractivity contribution is 0.0596. The van der Waals surface area contributed by atoms with E-state index in [1.807, 2.05) is 6.07 Å². The number of benzene rings is 3. The SMILES string of the molecule is Nc1ccc(C(=O)N=Nc2ccc(NOC(=O)c3ccccc3)cc2)cc1. The largest absolute Gasteiger partial charge is 0.399 e. The van der Waals surface area contributed by atoms with Crippen LogP contribution in [-0.4, -0.2) is 11.9 Å². The van der Waals surface area contributed by atoms with Crippen LogP contribution in [0.3, 0.4) is 0 Å². The molecule has 0 aromatic heterocycles. The summed E-state index contributed by atoms with van der Waals surface area (Å²) in [5.41, 5.74) is 10.6. The number of nitrogens with two attached hydrogens (primary N) is 1. The van der Waals surface area contributed by atoms with Crippen molar-refractivity contribution in [3.63, 3.8) is 0 Å². The van der Waals surface area contributed by atoms with Crippen molar-refractivity contribution >= 4 is 28.9 Å². The molecular formula is C20H16N4O3. The summed E-state index contributed by atoms with van der Waals surface area (Å²) in [4.78, 5) is 28.8. The molecule has 0 bridgehead atoms. The number of hydrogen-bond donors (Lipinski definition) is 2. The fourth-order valence-electron chi connectivity index (χ4n) is 2.12. The van der Waals surface area contributed by atoms with Gasteiger partial charge in [0.05, 0.1) is 16.9 Å². The van der Waals surface area contributed by atoms with Gasteiger partial charge in [-0.1, -0.05) is 18.2 Å². The summed E-state index contributed by atoms with van der Waals surface area (Å²) in [6.07, 6.45) is 0. The predicted octanol–water partition coefficient (Wildman–Crippen LogP) is 4.38. The van der Waals surface area contributed by atoms with Crippen LogP contribution >= 0.6 is 0 Å². The predicted molar refractivity (Wildman–Crippen MR) is 102 cm³/mol. The van der Waals surface area contributed by atoms with E-state index in [2.05, 4.69) is 15.7 Å². The Labute approximate surface area is 155 Å². The molecule has 134 valence electrons. The topological polar surface area (TPSA) is 106 Å². The van der Waals surface area contributed by atoms with Crippen LogP contribution in [0.5, 0.6) is 0 Å². The quantitative estimate of drug-likeness (QED) is 0.399. The Balaban J connectivity index is 1.56. The van der Waals surface area contributed by atoms with Crippen LogP contribution in [0.4, 0.5) is 17.1 Å². The smallest absolute Gasteiger partial charge is 0.362 e. The molecule has 0 heterocycles. The molecule has 0 atom stereocenters. The minimum Gasteiger partial charge on any atom is -0.399 e. The molecule has 3 rings (SSSR count). The standard InChI is InChI=1S/C20H16N4O3/c21-16-8-6-14(7-9-16)19(25)23-22-17-10-12-18(13-11-17)24-27-20(26)15-4-2-1-3-5-15/h1-13,24H,21H2. The van der Waals surface area contributed by atoms with E-state index in [1.54, 1.807) is 72.8 Å². The Morgan fingerprint density at radius 3 is 2.15 bits per heavy atom. The summed E-state index contributed by atoms with van der Waals surface area (Å²) < 4.78 is 0. The van der Waals surface area contributed by atoms with Crippen LogP contribution in [0, 0.1) is 0 Å². The number of nitrogens with one attached hydrogen (secondary N) is 1. The van der Waals surface area contributed by atoms with E-state index in [4.69, 9.17) is 10.6 Å². The van der Waals surface area contributed by atoms with Crippen molar-refractivity contribution in [1.29, 1.82) is 0 Å². The molecule has 1 amide bonds. The lowest BCUT2D eigenvalue weighted by Gasteiger charge is -2.06. The minimum atomic E-state index is -0.492. The van der Waals surface area contributed by atoms with E-state index in [-0.39, 0.29) is 0 Å². The van der Waals surface area contributed by atoms with Crippen LogP contribution in [0.25, 0.3) is 0 Å². The van der Waals surface area contributed by atoms with Gasteiger partial charge < -0.3 is 10.6 Å². The number of azo groups is 1. The van der Waals surface area contributed by atoms with Gasteiger partial charge in [-0.3, -0.25) is 4.79 Å². The second-order valence-corrected chi connectivity index (χ2v) is 5.53. The third-order valence-electron chi connectivity index (χ3n) is 3.55. The Hall–Kier alpha value is -4.00. The van der Waals surface area contributed by atoms with Gasteiger partial charge in [-0.15, -0.1) is 10.2 Å². The fourth-order valence-corrected chi connectivity index (χ4v) is 2.12. The number of nitrogen functional groups attached to an aromatic ring is 1. The molecular weight excluding hydrogens is 344 g/mol. The van der Waals surface area contributed by atoms with Crippen LogP contribution in [-0.2, 0) is 4.84 Å². The van der Waals surface area contributed by atoms with Crippen molar-refractivity contribution in [2.45, 2.75) is 0 Å². The monoisotopic (exact) mass is 360 g/mol. The minimum absolute atomic E-state index is 0.402. The molecule has 3 N–H and O–H groups in total. The molecule has 27 heavy (non-hydrogen) atoms. The molecule has 0 aliphatic rings. The van der Waals surface area contributed by atoms with Gasteiger partial charge >= 0.3 is 5.97 Å². The molecule has 0 saturated heterocycles. The first-order valence-electron chi connectivity index (χ1n) is 8.06. The van der Waals surface area contributed by atoms with Crippen molar-refractivity contribution in [2.24, 2.45) is 10.2 Å². The summed E-state index contributed by atoms with van der Waals surface area (Å²) in [6.45, 7) is 0. The Bertz CT molecular complexity index is 953. The molecule has 7 nitrogen and oxygen atoms in total. The zero-order valence-electron chi connectivity index (χ0n) is 14.2. The Morgan fingerprint density at radius 2 is 1.48 bits per heavy atom. The molecule has 0 spiro atoms. The molecule has 0 radical (unpaired) electrons. The first-order valence-corrected chi connectivity index (χ1v) is 8.06. The average Bonchev–Trinajstić information content (AvgIpc) is 2.72. The van der Waals surface area contributed by atoms with Gasteiger partial charge in [0.15, 0.2) is 0 Å². The lowest BCUT2D eigenvalue weighted by Crippen LogP contribution is -2.10. The Kier molecular flexibility index (Phi) is 5.54. The summed E-state index contributed by atoms with van der Waals surface area (Å²) in [5.74, 6) is -0.956. The van der Waals surface area contributed by atoms with Crippen molar-refractivity contribution in [3.8, 4) is 0 Å². The van der Waals surface area contributed by atoms with E-state index < -0.39 is 11.9 Å². The van der Waals surface area contributed by atoms with Crippen LogP contribution in [0.2, 0.25) is 0 Å².